The van der Waals surface area contributed by atoms with Crippen LogP contribution in [0.15, 0.2) is 0 Å². The third kappa shape index (κ3) is 2.69. The normalized spacial score (nSPS) is 34.2. The van der Waals surface area contributed by atoms with Crippen molar-refractivity contribution in [1.82, 2.24) is 15.5 Å². The predicted octanol–water partition coefficient (Wildman–Crippen LogP) is 0.871. The van der Waals surface area contributed by atoms with E-state index < -0.39 is 0 Å². The average molecular weight is 251 g/mol. The fourth-order valence-corrected chi connectivity index (χ4v) is 3.72. The highest BCUT2D eigenvalue weighted by atomic mass is 16.2. The Hall–Kier alpha value is -0.610. The molecule has 0 radical (unpaired) electrons. The van der Waals surface area contributed by atoms with Crippen LogP contribution in [-0.4, -0.2) is 48.6 Å². The van der Waals surface area contributed by atoms with E-state index in [0.717, 1.165) is 38.4 Å². The van der Waals surface area contributed by atoms with Crippen LogP contribution in [0, 0.1) is 0 Å². The van der Waals surface area contributed by atoms with Gasteiger partial charge in [0.15, 0.2) is 0 Å². The first-order valence-corrected chi connectivity index (χ1v) is 7.61. The van der Waals surface area contributed by atoms with E-state index in [1.54, 1.807) is 0 Å². The fourth-order valence-electron chi connectivity index (χ4n) is 3.72. The number of rotatable bonds is 3. The first-order valence-electron chi connectivity index (χ1n) is 7.61. The summed E-state index contributed by atoms with van der Waals surface area (Å²) in [6.45, 7) is 3.24. The second-order valence-electron chi connectivity index (χ2n) is 6.08. The zero-order chi connectivity index (χ0) is 12.4. The van der Waals surface area contributed by atoms with E-state index in [1.165, 1.54) is 32.2 Å². The molecule has 3 rings (SSSR count). The Kier molecular flexibility index (Phi) is 3.85. The van der Waals surface area contributed by atoms with Gasteiger partial charge in [-0.1, -0.05) is 12.8 Å². The lowest BCUT2D eigenvalue weighted by Gasteiger charge is -2.23. The summed E-state index contributed by atoms with van der Waals surface area (Å²) >= 11 is 0. The Balaban J connectivity index is 1.45. The van der Waals surface area contributed by atoms with E-state index in [2.05, 4.69) is 15.5 Å². The van der Waals surface area contributed by atoms with E-state index in [1.807, 2.05) is 0 Å². The maximum atomic E-state index is 12.0. The van der Waals surface area contributed by atoms with E-state index in [4.69, 9.17) is 0 Å². The second kappa shape index (κ2) is 5.57. The highest BCUT2D eigenvalue weighted by molar-refractivity contribution is 5.82. The number of amides is 1. The predicted molar refractivity (Wildman–Crippen MR) is 71.4 cm³/mol. The Labute approximate surface area is 109 Å². The van der Waals surface area contributed by atoms with Gasteiger partial charge in [0.2, 0.25) is 5.91 Å². The number of hydrogen-bond donors (Lipinski definition) is 2. The van der Waals surface area contributed by atoms with Gasteiger partial charge >= 0.3 is 0 Å². The standard InChI is InChI=1S/C14H25N3O/c18-14(13-6-3-8-15-13)16-11-7-9-17(10-11)12-4-1-2-5-12/h11-13,15H,1-10H2,(H,16,18). The van der Waals surface area contributed by atoms with Crippen molar-refractivity contribution in [3.8, 4) is 0 Å². The summed E-state index contributed by atoms with van der Waals surface area (Å²) < 4.78 is 0. The van der Waals surface area contributed by atoms with Gasteiger partial charge in [-0.05, 0) is 38.6 Å². The maximum absolute atomic E-state index is 12.0. The molecule has 4 nitrogen and oxygen atoms in total. The van der Waals surface area contributed by atoms with E-state index in [-0.39, 0.29) is 11.9 Å². The quantitative estimate of drug-likeness (QED) is 0.782. The molecular weight excluding hydrogens is 226 g/mol. The minimum atomic E-state index is 0.0746. The largest absolute Gasteiger partial charge is 0.351 e. The van der Waals surface area contributed by atoms with Crippen LogP contribution in [-0.2, 0) is 4.79 Å². The average Bonchev–Trinajstić information content (AvgIpc) is 3.12. The lowest BCUT2D eigenvalue weighted by Crippen LogP contribution is -2.46. The molecule has 1 aliphatic carbocycles. The van der Waals surface area contributed by atoms with Crippen molar-refractivity contribution < 1.29 is 4.79 Å². The third-order valence-corrected chi connectivity index (χ3v) is 4.78. The molecule has 2 N–H and O–H groups in total. The van der Waals surface area contributed by atoms with Crippen LogP contribution in [0.25, 0.3) is 0 Å². The Bertz CT molecular complexity index is 295. The maximum Gasteiger partial charge on any atom is 0.237 e. The molecule has 2 heterocycles. The molecule has 1 saturated carbocycles. The fraction of sp³-hybridized carbons (Fsp3) is 0.929. The summed E-state index contributed by atoms with van der Waals surface area (Å²) in [5.41, 5.74) is 0. The van der Waals surface area contributed by atoms with Gasteiger partial charge in [0.25, 0.3) is 0 Å². The molecule has 0 spiro atoms. The third-order valence-electron chi connectivity index (χ3n) is 4.78. The SMILES string of the molecule is O=C(NC1CCN(C2CCCC2)C1)C1CCCN1. The lowest BCUT2D eigenvalue weighted by molar-refractivity contribution is -0.123. The topological polar surface area (TPSA) is 44.4 Å². The molecule has 3 fully saturated rings. The molecule has 2 aliphatic heterocycles. The van der Waals surface area contributed by atoms with E-state index in [0.29, 0.717) is 6.04 Å². The molecule has 2 unspecified atom stereocenters. The number of nitrogens with one attached hydrogen (secondary N) is 2. The van der Waals surface area contributed by atoms with Crippen LogP contribution in [0.5, 0.6) is 0 Å². The van der Waals surface area contributed by atoms with Crippen molar-refractivity contribution in [2.45, 2.75) is 63.1 Å². The summed E-state index contributed by atoms with van der Waals surface area (Å²) in [4.78, 5) is 14.6. The minimum absolute atomic E-state index is 0.0746. The highest BCUT2D eigenvalue weighted by Gasteiger charge is 2.32. The first-order chi connectivity index (χ1) is 8.83. The zero-order valence-electron chi connectivity index (χ0n) is 11.2. The zero-order valence-corrected chi connectivity index (χ0v) is 11.2. The molecule has 4 heteroatoms. The van der Waals surface area contributed by atoms with Gasteiger partial charge < -0.3 is 10.6 Å². The van der Waals surface area contributed by atoms with Gasteiger partial charge in [-0.25, -0.2) is 0 Å². The monoisotopic (exact) mass is 251 g/mol. The van der Waals surface area contributed by atoms with Crippen molar-refractivity contribution in [2.75, 3.05) is 19.6 Å². The molecule has 0 aromatic carbocycles. The van der Waals surface area contributed by atoms with Crippen molar-refractivity contribution >= 4 is 5.91 Å². The van der Waals surface area contributed by atoms with E-state index in [9.17, 15) is 4.79 Å². The molecule has 102 valence electrons. The highest BCUT2D eigenvalue weighted by Crippen LogP contribution is 2.26. The van der Waals surface area contributed by atoms with Crippen LogP contribution >= 0.6 is 0 Å². The van der Waals surface area contributed by atoms with Crippen LogP contribution in [0.1, 0.15) is 44.9 Å². The van der Waals surface area contributed by atoms with Crippen LogP contribution in [0.3, 0.4) is 0 Å². The lowest BCUT2D eigenvalue weighted by atomic mass is 10.2. The van der Waals surface area contributed by atoms with Crippen LogP contribution in [0.4, 0.5) is 0 Å². The summed E-state index contributed by atoms with van der Waals surface area (Å²) in [7, 11) is 0. The molecule has 0 aromatic heterocycles. The van der Waals surface area contributed by atoms with Gasteiger partial charge in [-0.2, -0.15) is 0 Å². The number of likely N-dealkylation sites (tertiary alicyclic amines) is 1. The van der Waals surface area contributed by atoms with Gasteiger partial charge in [-0.15, -0.1) is 0 Å². The molecular formula is C14H25N3O. The summed E-state index contributed by atoms with van der Waals surface area (Å²) in [6, 6.07) is 1.27. The van der Waals surface area contributed by atoms with Gasteiger partial charge in [0.05, 0.1) is 6.04 Å². The van der Waals surface area contributed by atoms with Gasteiger partial charge in [0, 0.05) is 25.2 Å². The number of hydrogen-bond acceptors (Lipinski definition) is 3. The van der Waals surface area contributed by atoms with Crippen molar-refractivity contribution in [1.29, 1.82) is 0 Å². The van der Waals surface area contributed by atoms with E-state index >= 15 is 0 Å². The molecule has 2 atom stereocenters. The Morgan fingerprint density at radius 2 is 1.94 bits per heavy atom. The second-order valence-corrected chi connectivity index (χ2v) is 6.08. The number of carbonyl (C=O) groups is 1. The molecule has 3 aliphatic rings. The van der Waals surface area contributed by atoms with Crippen LogP contribution < -0.4 is 10.6 Å². The number of carbonyl (C=O) groups excluding carboxylic acids is 1. The number of nitrogens with zero attached hydrogens (tertiary/aromatic N) is 1. The molecule has 0 bridgehead atoms. The molecule has 18 heavy (non-hydrogen) atoms. The summed E-state index contributed by atoms with van der Waals surface area (Å²) in [5, 5.41) is 6.50. The Morgan fingerprint density at radius 1 is 1.11 bits per heavy atom. The minimum Gasteiger partial charge on any atom is -0.351 e. The Morgan fingerprint density at radius 3 is 2.67 bits per heavy atom. The van der Waals surface area contributed by atoms with Crippen molar-refractivity contribution in [3.05, 3.63) is 0 Å². The van der Waals surface area contributed by atoms with Crippen LogP contribution in [0.2, 0.25) is 0 Å². The van der Waals surface area contributed by atoms with Gasteiger partial charge in [0.1, 0.15) is 0 Å². The summed E-state index contributed by atoms with van der Waals surface area (Å²) in [6.07, 6.45) is 8.79. The molecule has 0 aromatic rings. The smallest absolute Gasteiger partial charge is 0.237 e. The van der Waals surface area contributed by atoms with Crippen molar-refractivity contribution in [3.63, 3.8) is 0 Å². The summed E-state index contributed by atoms with van der Waals surface area (Å²) in [5.74, 6) is 0.228. The van der Waals surface area contributed by atoms with Crippen molar-refractivity contribution in [2.24, 2.45) is 0 Å². The van der Waals surface area contributed by atoms with Gasteiger partial charge in [-0.3, -0.25) is 9.69 Å². The molecule has 2 saturated heterocycles. The molecule has 1 amide bonds. The first kappa shape index (κ1) is 12.4.